The molecular formula is C57H34N10. The Morgan fingerprint density at radius 1 is 0.358 bits per heavy atom. The second kappa shape index (κ2) is 14.0. The van der Waals surface area contributed by atoms with Crippen LogP contribution in [0.15, 0.2) is 189 Å². The third kappa shape index (κ3) is 5.05. The minimum absolute atomic E-state index is 0.432. The third-order valence-electron chi connectivity index (χ3n) is 13.5. The Morgan fingerprint density at radius 3 is 1.09 bits per heavy atom. The number of pyridine rings is 5. The molecule has 0 aliphatic heterocycles. The zero-order valence-corrected chi connectivity index (χ0v) is 35.9. The summed E-state index contributed by atoms with van der Waals surface area (Å²) in [4.78, 5) is 24.5. The molecule has 14 rings (SSSR count). The molecule has 0 unspecified atom stereocenters. The summed E-state index contributed by atoms with van der Waals surface area (Å²) in [6.07, 6.45) is 15.1. The smallest absolute Gasteiger partial charge is 0.102 e. The number of benzene rings is 5. The van der Waals surface area contributed by atoms with E-state index in [0.717, 1.165) is 110 Å². The van der Waals surface area contributed by atoms with Gasteiger partial charge in [-0.1, -0.05) is 78.9 Å². The van der Waals surface area contributed by atoms with Gasteiger partial charge in [0.25, 0.3) is 0 Å². The van der Waals surface area contributed by atoms with Crippen LogP contribution in [0.4, 0.5) is 0 Å². The van der Waals surface area contributed by atoms with E-state index >= 15 is 0 Å². The molecule has 5 aromatic carbocycles. The van der Waals surface area contributed by atoms with Gasteiger partial charge in [-0.3, -0.25) is 24.9 Å². The van der Waals surface area contributed by atoms with Crippen LogP contribution in [0.25, 0.3) is 121 Å². The molecule has 0 aliphatic carbocycles. The van der Waals surface area contributed by atoms with Crippen molar-refractivity contribution in [2.75, 3.05) is 0 Å². The van der Waals surface area contributed by atoms with Crippen LogP contribution >= 0.6 is 0 Å². The monoisotopic (exact) mass is 858 g/mol. The standard InChI is InChI=1S/C57H34N10/c1-34-11-10-16-44(63-34)53-43(29-58)54(64-45-17-6-2-12-35(45)39-21-25-59-30-49(39)64)56(66-47-19-8-4-14-37(47)41-23-27-61-32-51(41)66)57(67-48-20-9-5-15-38(48)42-24-28-62-33-52(42)67)55(53)65-46-18-7-3-13-36(46)40-22-26-60-31-50(40)65/h2-28,30-33H,1H3. The number of aryl methyl sites for hydroxylation is 1. The molecule has 0 saturated carbocycles. The lowest BCUT2D eigenvalue weighted by atomic mass is 9.95. The van der Waals surface area contributed by atoms with Gasteiger partial charge < -0.3 is 18.3 Å². The van der Waals surface area contributed by atoms with E-state index in [2.05, 4.69) is 146 Å². The number of rotatable bonds is 5. The first kappa shape index (κ1) is 37.0. The predicted octanol–water partition coefficient (Wildman–Crippen LogP) is 12.9. The van der Waals surface area contributed by atoms with Crippen molar-refractivity contribution < 1.29 is 0 Å². The van der Waals surface area contributed by atoms with E-state index in [9.17, 15) is 5.26 Å². The quantitative estimate of drug-likeness (QED) is 0.171. The Morgan fingerprint density at radius 2 is 0.701 bits per heavy atom. The van der Waals surface area contributed by atoms with Crippen LogP contribution in [0, 0.1) is 18.3 Å². The molecule has 67 heavy (non-hydrogen) atoms. The van der Waals surface area contributed by atoms with Gasteiger partial charge in [-0.2, -0.15) is 5.26 Å². The summed E-state index contributed by atoms with van der Waals surface area (Å²) in [5, 5.41) is 20.7. The highest BCUT2D eigenvalue weighted by atomic mass is 15.2. The summed E-state index contributed by atoms with van der Waals surface area (Å²) in [7, 11) is 0. The largest absolute Gasteiger partial charge is 0.305 e. The van der Waals surface area contributed by atoms with E-state index in [4.69, 9.17) is 24.9 Å². The molecule has 0 radical (unpaired) electrons. The molecule has 10 nitrogen and oxygen atoms in total. The molecule has 10 heteroatoms. The van der Waals surface area contributed by atoms with Gasteiger partial charge in [0.2, 0.25) is 0 Å². The first-order chi connectivity index (χ1) is 33.2. The van der Waals surface area contributed by atoms with Crippen molar-refractivity contribution in [1.82, 2.24) is 43.2 Å². The highest BCUT2D eigenvalue weighted by molar-refractivity contribution is 6.16. The molecule has 14 aromatic rings. The predicted molar refractivity (Wildman–Crippen MR) is 268 cm³/mol. The van der Waals surface area contributed by atoms with Gasteiger partial charge in [-0.25, -0.2) is 0 Å². The number of hydrogen-bond acceptors (Lipinski definition) is 6. The Balaban J connectivity index is 1.38. The zero-order valence-electron chi connectivity index (χ0n) is 35.9. The Labute approximate surface area is 381 Å². The van der Waals surface area contributed by atoms with Gasteiger partial charge in [-0.05, 0) is 67.6 Å². The fourth-order valence-corrected chi connectivity index (χ4v) is 10.8. The van der Waals surface area contributed by atoms with Gasteiger partial charge in [0, 0.05) is 79.1 Å². The van der Waals surface area contributed by atoms with E-state index in [-0.39, 0.29) is 0 Å². The second-order valence-corrected chi connectivity index (χ2v) is 16.9. The van der Waals surface area contributed by atoms with Crippen molar-refractivity contribution in [2.45, 2.75) is 6.92 Å². The summed E-state index contributed by atoms with van der Waals surface area (Å²) in [6, 6.07) is 51.1. The molecule has 0 bridgehead atoms. The third-order valence-corrected chi connectivity index (χ3v) is 13.5. The van der Waals surface area contributed by atoms with Crippen molar-refractivity contribution >= 4 is 87.2 Å². The summed E-state index contributed by atoms with van der Waals surface area (Å²) in [5.41, 5.74) is 12.8. The van der Waals surface area contributed by atoms with E-state index < -0.39 is 0 Å². The highest BCUT2D eigenvalue weighted by Gasteiger charge is 2.35. The molecule has 9 heterocycles. The molecule has 0 N–H and O–H groups in total. The molecule has 9 aromatic heterocycles. The van der Waals surface area contributed by atoms with Gasteiger partial charge in [0.15, 0.2) is 0 Å². The number of hydrogen-bond donors (Lipinski definition) is 0. The van der Waals surface area contributed by atoms with Crippen LogP contribution in [0.5, 0.6) is 0 Å². The molecule has 0 spiro atoms. The first-order valence-electron chi connectivity index (χ1n) is 22.1. The summed E-state index contributed by atoms with van der Waals surface area (Å²) in [5.74, 6) is 0. The SMILES string of the molecule is Cc1cccc(-c2c(C#N)c(-n3c4ccccc4c4ccncc43)c(-n3c4ccccc4c4ccncc43)c(-n3c4ccccc4c4ccncc43)c2-n2c3ccccc3c3ccncc32)n1. The zero-order chi connectivity index (χ0) is 44.3. The molecule has 0 atom stereocenters. The van der Waals surface area contributed by atoms with Gasteiger partial charge in [-0.15, -0.1) is 0 Å². The number of nitrogens with zero attached hydrogens (tertiary/aromatic N) is 10. The molecule has 0 amide bonds. The lowest BCUT2D eigenvalue weighted by Crippen LogP contribution is -2.17. The maximum atomic E-state index is 12.4. The van der Waals surface area contributed by atoms with Crippen LogP contribution in [-0.4, -0.2) is 43.2 Å². The van der Waals surface area contributed by atoms with Crippen molar-refractivity contribution in [3.8, 4) is 40.1 Å². The normalized spacial score (nSPS) is 11.9. The highest BCUT2D eigenvalue weighted by Crippen LogP contribution is 2.51. The van der Waals surface area contributed by atoms with E-state index in [1.807, 2.05) is 74.7 Å². The van der Waals surface area contributed by atoms with Crippen LogP contribution < -0.4 is 0 Å². The van der Waals surface area contributed by atoms with Gasteiger partial charge in [0.1, 0.15) is 6.07 Å². The molecule has 312 valence electrons. The molecule has 0 fully saturated rings. The Hall–Kier alpha value is -9.46. The maximum absolute atomic E-state index is 12.4. The minimum Gasteiger partial charge on any atom is -0.305 e. The minimum atomic E-state index is 0.432. The average molecular weight is 859 g/mol. The van der Waals surface area contributed by atoms with Crippen molar-refractivity contribution in [2.24, 2.45) is 0 Å². The van der Waals surface area contributed by atoms with Gasteiger partial charge >= 0.3 is 0 Å². The fourth-order valence-electron chi connectivity index (χ4n) is 10.8. The van der Waals surface area contributed by atoms with Crippen LogP contribution in [0.1, 0.15) is 11.3 Å². The molecule has 0 saturated heterocycles. The summed E-state index contributed by atoms with van der Waals surface area (Å²) in [6.45, 7) is 2.00. The topological polar surface area (TPSA) is 108 Å². The number of fused-ring (bicyclic) bond motifs is 12. The van der Waals surface area contributed by atoms with E-state index in [1.54, 1.807) is 0 Å². The number of aromatic nitrogens is 9. The lowest BCUT2D eigenvalue weighted by Gasteiger charge is -2.29. The Bertz CT molecular complexity index is 4230. The average Bonchev–Trinajstić information content (AvgIpc) is 4.11. The summed E-state index contributed by atoms with van der Waals surface area (Å²) < 4.78 is 9.22. The van der Waals surface area contributed by atoms with Crippen molar-refractivity contribution in [3.05, 3.63) is 200 Å². The first-order valence-corrected chi connectivity index (χ1v) is 22.1. The van der Waals surface area contributed by atoms with Crippen LogP contribution in [0.2, 0.25) is 0 Å². The van der Waals surface area contributed by atoms with E-state index in [1.165, 1.54) is 0 Å². The van der Waals surface area contributed by atoms with Crippen LogP contribution in [0.3, 0.4) is 0 Å². The van der Waals surface area contributed by atoms with Gasteiger partial charge in [0.05, 0.1) is 103 Å². The van der Waals surface area contributed by atoms with Crippen molar-refractivity contribution in [1.29, 1.82) is 5.26 Å². The summed E-state index contributed by atoms with van der Waals surface area (Å²) >= 11 is 0. The van der Waals surface area contributed by atoms with Crippen LogP contribution in [-0.2, 0) is 0 Å². The lowest BCUT2D eigenvalue weighted by molar-refractivity contribution is 1.01. The van der Waals surface area contributed by atoms with E-state index in [0.29, 0.717) is 22.5 Å². The molecule has 0 aliphatic rings. The number of nitriles is 1. The fraction of sp³-hybridized carbons (Fsp3) is 0.0175. The number of para-hydroxylation sites is 4. The maximum Gasteiger partial charge on any atom is 0.102 e. The van der Waals surface area contributed by atoms with Crippen molar-refractivity contribution in [3.63, 3.8) is 0 Å². The second-order valence-electron chi connectivity index (χ2n) is 16.9. The molecular weight excluding hydrogens is 825 g/mol. The Kier molecular flexibility index (Phi) is 7.73.